The Balaban J connectivity index is 0.741. The quantitative estimate of drug-likeness (QED) is 0.185. The number of hydrogen-bond donors (Lipinski definition) is 0. The Labute approximate surface area is 350 Å². The molecule has 0 radical (unpaired) electrons. The molecule has 16 heteroatoms. The zero-order chi connectivity index (χ0) is 42.2. The number of halogens is 8. The molecule has 6 unspecified atom stereocenters. The van der Waals surface area contributed by atoms with Crippen LogP contribution in [-0.2, 0) is 38.0 Å². The highest BCUT2D eigenvalue weighted by Gasteiger charge is 2.72. The predicted octanol–water partition coefficient (Wildman–Crippen LogP) is 9.32. The Kier molecular flexibility index (Phi) is 8.89. The summed E-state index contributed by atoms with van der Waals surface area (Å²) in [5.74, 6) is -20.5. The van der Waals surface area contributed by atoms with E-state index in [4.69, 9.17) is 33.2 Å². The fourth-order valence-electron chi connectivity index (χ4n) is 17.1. The Bertz CT molecular complexity index is 1690. The molecular formula is C45H58F8O8. The summed E-state index contributed by atoms with van der Waals surface area (Å²) in [5, 5.41) is 0. The van der Waals surface area contributed by atoms with E-state index >= 15 is 0 Å². The van der Waals surface area contributed by atoms with E-state index in [0.717, 1.165) is 44.9 Å². The highest BCUT2D eigenvalue weighted by Crippen LogP contribution is 2.69. The van der Waals surface area contributed by atoms with Gasteiger partial charge in [-0.25, -0.2) is 0 Å². The molecule has 12 aliphatic carbocycles. The van der Waals surface area contributed by atoms with Crippen LogP contribution in [0.4, 0.5) is 35.1 Å². The summed E-state index contributed by atoms with van der Waals surface area (Å²) in [6.45, 7) is -5.57. The summed E-state index contributed by atoms with van der Waals surface area (Å²) in [4.78, 5) is 14.4. The summed E-state index contributed by atoms with van der Waals surface area (Å²) in [6, 6.07) is 0. The highest BCUT2D eigenvalue weighted by molar-refractivity contribution is 5.77. The first-order valence-electron chi connectivity index (χ1n) is 23.4. The first-order valence-corrected chi connectivity index (χ1v) is 23.4. The van der Waals surface area contributed by atoms with Gasteiger partial charge < -0.3 is 33.2 Å². The van der Waals surface area contributed by atoms with Gasteiger partial charge >= 0.3 is 29.7 Å². The molecule has 61 heavy (non-hydrogen) atoms. The van der Waals surface area contributed by atoms with E-state index in [2.05, 4.69) is 0 Å². The molecule has 342 valence electrons. The minimum atomic E-state index is -4.36. The summed E-state index contributed by atoms with van der Waals surface area (Å²) >= 11 is 0. The van der Waals surface area contributed by atoms with Crippen molar-refractivity contribution in [1.82, 2.24) is 0 Å². The molecule has 15 rings (SSSR count). The van der Waals surface area contributed by atoms with E-state index in [9.17, 15) is 39.9 Å². The molecule has 3 aliphatic heterocycles. The van der Waals surface area contributed by atoms with Crippen LogP contribution in [0.1, 0.15) is 116 Å². The van der Waals surface area contributed by atoms with Crippen molar-refractivity contribution in [1.29, 1.82) is 0 Å². The first kappa shape index (κ1) is 41.1. The number of carbonyl (C=O) groups is 1. The maximum absolute atomic E-state index is 14.4. The minimum Gasteiger partial charge on any atom is -0.462 e. The fourth-order valence-corrected chi connectivity index (χ4v) is 17.1. The van der Waals surface area contributed by atoms with Gasteiger partial charge in [-0.2, -0.15) is 35.1 Å². The van der Waals surface area contributed by atoms with Crippen LogP contribution >= 0.6 is 0 Å². The molecule has 3 heterocycles. The van der Waals surface area contributed by atoms with Crippen molar-refractivity contribution in [3.8, 4) is 0 Å². The van der Waals surface area contributed by atoms with Crippen molar-refractivity contribution in [2.75, 3.05) is 33.0 Å². The Morgan fingerprint density at radius 1 is 0.475 bits per heavy atom. The van der Waals surface area contributed by atoms with Gasteiger partial charge in [0.2, 0.25) is 0 Å². The van der Waals surface area contributed by atoms with Crippen LogP contribution in [0.3, 0.4) is 0 Å². The predicted molar refractivity (Wildman–Crippen MR) is 195 cm³/mol. The molecule has 8 nitrogen and oxygen atoms in total. The third kappa shape index (κ3) is 5.90. The number of ether oxygens (including phenoxy) is 7. The molecule has 12 bridgehead atoms. The van der Waals surface area contributed by atoms with Gasteiger partial charge in [0.15, 0.2) is 17.4 Å². The molecule has 3 saturated heterocycles. The van der Waals surface area contributed by atoms with Gasteiger partial charge in [0, 0.05) is 35.5 Å². The van der Waals surface area contributed by atoms with E-state index in [1.54, 1.807) is 0 Å². The summed E-state index contributed by atoms with van der Waals surface area (Å²) in [7, 11) is 0. The number of hydrogen-bond acceptors (Lipinski definition) is 8. The van der Waals surface area contributed by atoms with Crippen molar-refractivity contribution < 1.29 is 73.1 Å². The second-order valence-corrected chi connectivity index (χ2v) is 22.7. The van der Waals surface area contributed by atoms with Crippen LogP contribution in [0.2, 0.25) is 0 Å². The molecule has 0 N–H and O–H groups in total. The average Bonchev–Trinajstić information content (AvgIpc) is 3.47. The Morgan fingerprint density at radius 3 is 1.39 bits per heavy atom. The summed E-state index contributed by atoms with van der Waals surface area (Å²) in [6.07, 6.45) is 12.9. The van der Waals surface area contributed by atoms with Gasteiger partial charge in [0.1, 0.15) is 39.1 Å². The van der Waals surface area contributed by atoms with Gasteiger partial charge in [-0.15, -0.1) is 0 Å². The highest BCUT2D eigenvalue weighted by atomic mass is 19.3. The molecule has 0 aromatic carbocycles. The maximum Gasteiger partial charge on any atom is 0.335 e. The summed E-state index contributed by atoms with van der Waals surface area (Å²) < 4.78 is 159. The Morgan fingerprint density at radius 2 is 0.902 bits per heavy atom. The number of alkyl halides is 8. The van der Waals surface area contributed by atoms with Gasteiger partial charge in [0.05, 0.1) is 11.5 Å². The normalized spacial score (nSPS) is 51.6. The van der Waals surface area contributed by atoms with E-state index in [1.165, 1.54) is 6.42 Å². The lowest BCUT2D eigenvalue weighted by Crippen LogP contribution is -2.65. The molecule has 6 atom stereocenters. The molecule has 15 fully saturated rings. The number of carbonyl (C=O) groups excluding carboxylic acids is 1. The maximum atomic E-state index is 14.4. The minimum absolute atomic E-state index is 0.000282. The summed E-state index contributed by atoms with van der Waals surface area (Å²) in [5.41, 5.74) is -0.979. The van der Waals surface area contributed by atoms with Crippen molar-refractivity contribution in [3.63, 3.8) is 0 Å². The van der Waals surface area contributed by atoms with Crippen molar-refractivity contribution >= 4 is 5.97 Å². The molecule has 3 spiro atoms. The van der Waals surface area contributed by atoms with Crippen molar-refractivity contribution in [3.05, 3.63) is 0 Å². The van der Waals surface area contributed by atoms with Crippen molar-refractivity contribution in [2.24, 2.45) is 70.0 Å². The van der Waals surface area contributed by atoms with E-state index in [0.29, 0.717) is 69.1 Å². The van der Waals surface area contributed by atoms with Crippen LogP contribution in [0.5, 0.6) is 0 Å². The monoisotopic (exact) mass is 878 g/mol. The van der Waals surface area contributed by atoms with Crippen LogP contribution in [-0.4, -0.2) is 92.3 Å². The zero-order valence-corrected chi connectivity index (χ0v) is 34.5. The third-order valence-electron chi connectivity index (χ3n) is 19.1. The lowest BCUT2D eigenvalue weighted by atomic mass is 9.46. The molecule has 0 aromatic heterocycles. The second kappa shape index (κ2) is 13.2. The lowest BCUT2D eigenvalue weighted by molar-refractivity contribution is -0.348. The Hall–Kier alpha value is -1.33. The average molecular weight is 879 g/mol. The SMILES string of the molecule is O=C(OCC1OC2(OC1CCCC13CC4CC(C1)C1(OCC(F)(F)C(F)(F)CO1)C(C4)C3)C1CC3CC(C1)CC2C3)C12CC3CC(C1)C1(OCC(F)(F)C(F)(F)CO1)C(C3)C2. The first-order chi connectivity index (χ1) is 28.8. The van der Waals surface area contributed by atoms with Crippen LogP contribution < -0.4 is 0 Å². The van der Waals surface area contributed by atoms with Crippen LogP contribution in [0, 0.1) is 70.0 Å². The largest absolute Gasteiger partial charge is 0.462 e. The molecular weight excluding hydrogens is 820 g/mol. The molecule has 0 amide bonds. The van der Waals surface area contributed by atoms with E-state index in [-0.39, 0.29) is 66.5 Å². The number of esters is 1. The zero-order valence-electron chi connectivity index (χ0n) is 34.5. The van der Waals surface area contributed by atoms with Gasteiger partial charge in [-0.3, -0.25) is 4.79 Å². The fraction of sp³-hybridized carbons (Fsp3) is 0.978. The molecule has 12 saturated carbocycles. The van der Waals surface area contributed by atoms with Gasteiger partial charge in [-0.1, -0.05) is 6.42 Å². The van der Waals surface area contributed by atoms with E-state index < -0.39 is 90.8 Å². The molecule has 0 aromatic rings. The van der Waals surface area contributed by atoms with Gasteiger partial charge in [0.25, 0.3) is 0 Å². The van der Waals surface area contributed by atoms with Crippen LogP contribution in [0.25, 0.3) is 0 Å². The topological polar surface area (TPSA) is 81.7 Å². The number of rotatable bonds is 7. The van der Waals surface area contributed by atoms with Gasteiger partial charge in [-0.05, 0) is 138 Å². The smallest absolute Gasteiger partial charge is 0.335 e. The van der Waals surface area contributed by atoms with Crippen LogP contribution in [0.15, 0.2) is 0 Å². The van der Waals surface area contributed by atoms with E-state index in [1.807, 2.05) is 0 Å². The van der Waals surface area contributed by atoms with Crippen molar-refractivity contribution in [2.45, 2.75) is 169 Å². The lowest BCUT2D eigenvalue weighted by Gasteiger charge is -2.64. The molecule has 15 aliphatic rings. The standard InChI is InChI=1S/C45H58F8O8/c46-39(47)20-56-43(57-21-40(39,48)49)30-9-26-10-31(43)16-37(13-26,15-30)3-1-2-34-35(61-45(60-34)28-5-24-4-25(7-28)8-29(45)6-24)19-55-36(54)38-14-27-11-32(17-38)44(33(12-27)18-38)58-22-41(50,51)42(52,53)23-59-44/h24-35H,1-23H2. The second-order valence-electron chi connectivity index (χ2n) is 22.7. The third-order valence-corrected chi connectivity index (χ3v) is 19.1.